The second-order valence-corrected chi connectivity index (χ2v) is 4.88. The molecule has 0 saturated heterocycles. The number of hydrogen-bond acceptors (Lipinski definition) is 7. The molecule has 0 radical (unpaired) electrons. The number of ether oxygens (including phenoxy) is 1. The Balaban J connectivity index is 4.27. The Morgan fingerprint density at radius 1 is 1.56 bits per heavy atom. The summed E-state index contributed by atoms with van der Waals surface area (Å²) in [5.41, 5.74) is 1.67. The van der Waals surface area contributed by atoms with Gasteiger partial charge in [-0.25, -0.2) is 14.2 Å². The Morgan fingerprint density at radius 3 is 2.62 bits per heavy atom. The van der Waals surface area contributed by atoms with Crippen LogP contribution in [0.15, 0.2) is 12.7 Å². The predicted octanol–water partition coefficient (Wildman–Crippen LogP) is -0.202. The van der Waals surface area contributed by atoms with Crippen LogP contribution in [0.4, 0.5) is 4.79 Å². The molecule has 0 aliphatic heterocycles. The molecule has 10 heteroatoms. The van der Waals surface area contributed by atoms with Crippen LogP contribution in [0.2, 0.25) is 0 Å². The number of carbonyl (C=O) groups is 2. The molecule has 0 rings (SSSR count). The molecule has 8 nitrogen and oxygen atoms in total. The Bertz CT molecular complexity index is 320. The van der Waals surface area contributed by atoms with E-state index in [4.69, 9.17) is 0 Å². The third-order valence-electron chi connectivity index (χ3n) is 1.11. The van der Waals surface area contributed by atoms with E-state index < -0.39 is 19.9 Å². The number of carbonyl (C=O) groups excluding carboxylic acids is 2. The van der Waals surface area contributed by atoms with Crippen molar-refractivity contribution in [1.29, 1.82) is 0 Å². The van der Waals surface area contributed by atoms with Gasteiger partial charge in [0.1, 0.15) is 0 Å². The number of hydrogen-bond donors (Lipinski definition) is 1. The summed E-state index contributed by atoms with van der Waals surface area (Å²) in [6, 6.07) is 0. The van der Waals surface area contributed by atoms with E-state index in [0.29, 0.717) is 0 Å². The van der Waals surface area contributed by atoms with E-state index in [0.717, 1.165) is 6.08 Å². The van der Waals surface area contributed by atoms with Gasteiger partial charge in [-0.3, -0.25) is 0 Å². The Hall–Kier alpha value is -1.15. The van der Waals surface area contributed by atoms with Crippen molar-refractivity contribution in [3.63, 3.8) is 0 Å². The van der Waals surface area contributed by atoms with Gasteiger partial charge in [0.15, 0.2) is 10.5 Å². The Labute approximate surface area is 95.0 Å². The number of nitrogens with one attached hydrogen (secondary N) is 1. The maximum atomic E-state index is 11.5. The lowest BCUT2D eigenvalue weighted by molar-refractivity contribution is -0.130. The minimum Gasteiger partial charge on any atom is -0.448 e. The molecule has 1 atom stereocenters. The SMILES string of the molecule is C=CC(=O)OP(=O)(O[SiH3])ONC(=O)OCC. The van der Waals surface area contributed by atoms with E-state index >= 15 is 0 Å². The van der Waals surface area contributed by atoms with Gasteiger partial charge in [-0.2, -0.15) is 10.1 Å². The largest absolute Gasteiger partial charge is 0.543 e. The van der Waals surface area contributed by atoms with Gasteiger partial charge in [0.2, 0.25) is 0 Å². The van der Waals surface area contributed by atoms with E-state index in [1.807, 2.05) is 0 Å². The van der Waals surface area contributed by atoms with Gasteiger partial charge in [-0.1, -0.05) is 6.58 Å². The predicted molar refractivity (Wildman–Crippen MR) is 56.2 cm³/mol. The molecule has 1 amide bonds. The molecule has 92 valence electrons. The highest BCUT2D eigenvalue weighted by Crippen LogP contribution is 2.47. The Morgan fingerprint density at radius 2 is 2.19 bits per heavy atom. The molecule has 0 aliphatic carbocycles. The van der Waals surface area contributed by atoms with Crippen molar-refractivity contribution in [3.05, 3.63) is 12.7 Å². The molecular formula is C6H12NO7PSi. The zero-order chi connectivity index (χ0) is 12.6. The van der Waals surface area contributed by atoms with Crippen LogP contribution < -0.4 is 5.48 Å². The second-order valence-electron chi connectivity index (χ2n) is 2.16. The molecule has 0 aromatic heterocycles. The van der Waals surface area contributed by atoms with Crippen LogP contribution in [0.3, 0.4) is 0 Å². The summed E-state index contributed by atoms with van der Waals surface area (Å²) < 4.78 is 29.0. The van der Waals surface area contributed by atoms with Crippen molar-refractivity contribution in [1.82, 2.24) is 5.48 Å². The number of phosphoric acid groups is 1. The first-order valence-corrected chi connectivity index (χ1v) is 6.38. The van der Waals surface area contributed by atoms with E-state index in [2.05, 4.69) is 24.7 Å². The zero-order valence-corrected chi connectivity index (χ0v) is 11.7. The fraction of sp³-hybridized carbons (Fsp3) is 0.333. The van der Waals surface area contributed by atoms with Crippen LogP contribution in [0.5, 0.6) is 0 Å². The van der Waals surface area contributed by atoms with E-state index in [-0.39, 0.29) is 17.1 Å². The van der Waals surface area contributed by atoms with Crippen molar-refractivity contribution in [2.75, 3.05) is 6.61 Å². The molecular weight excluding hydrogens is 257 g/mol. The monoisotopic (exact) mass is 269 g/mol. The van der Waals surface area contributed by atoms with Gasteiger partial charge in [-0.15, -0.1) is 0 Å². The van der Waals surface area contributed by atoms with Crippen molar-refractivity contribution in [3.8, 4) is 0 Å². The van der Waals surface area contributed by atoms with Crippen LogP contribution in [-0.4, -0.2) is 29.2 Å². The zero-order valence-electron chi connectivity index (χ0n) is 8.80. The van der Waals surface area contributed by atoms with Gasteiger partial charge < -0.3 is 13.5 Å². The number of rotatable bonds is 6. The molecule has 0 aromatic carbocycles. The quantitative estimate of drug-likeness (QED) is 0.308. The first-order valence-electron chi connectivity index (χ1n) is 4.10. The molecule has 1 unspecified atom stereocenters. The maximum absolute atomic E-state index is 11.5. The minimum atomic E-state index is -4.12. The fourth-order valence-corrected chi connectivity index (χ4v) is 1.61. The molecule has 0 aliphatic rings. The number of amides is 1. The van der Waals surface area contributed by atoms with Crippen molar-refractivity contribution < 1.29 is 32.3 Å². The standard InChI is InChI=1S/C6H12NO7PSi/c1-3-5(8)12-15(10,14-16)13-7-6(9)11-4-2/h3H,1,4H2,2,16H3,(H,7,9). The summed E-state index contributed by atoms with van der Waals surface area (Å²) in [6.45, 7) is 4.77. The lowest BCUT2D eigenvalue weighted by Gasteiger charge is -2.14. The Kier molecular flexibility index (Phi) is 6.66. The molecule has 0 aromatic rings. The summed E-state index contributed by atoms with van der Waals surface area (Å²) >= 11 is 0. The van der Waals surface area contributed by atoms with Gasteiger partial charge in [-0.05, 0) is 6.92 Å². The first kappa shape index (κ1) is 14.8. The smallest absolute Gasteiger partial charge is 0.448 e. The van der Waals surface area contributed by atoms with Crippen LogP contribution in [0.1, 0.15) is 6.92 Å². The molecule has 0 fully saturated rings. The van der Waals surface area contributed by atoms with Crippen molar-refractivity contribution in [2.24, 2.45) is 0 Å². The highest BCUT2D eigenvalue weighted by molar-refractivity contribution is 7.50. The third kappa shape index (κ3) is 5.66. The van der Waals surface area contributed by atoms with Gasteiger partial charge >= 0.3 is 19.9 Å². The molecule has 0 heterocycles. The maximum Gasteiger partial charge on any atom is 0.543 e. The topological polar surface area (TPSA) is 100 Å². The van der Waals surface area contributed by atoms with E-state index in [1.165, 1.54) is 0 Å². The van der Waals surface area contributed by atoms with E-state index in [9.17, 15) is 14.2 Å². The van der Waals surface area contributed by atoms with Gasteiger partial charge in [0.25, 0.3) is 0 Å². The highest BCUT2D eigenvalue weighted by atomic mass is 31.2. The van der Waals surface area contributed by atoms with Gasteiger partial charge in [0, 0.05) is 6.08 Å². The summed E-state index contributed by atoms with van der Waals surface area (Å²) in [4.78, 5) is 21.5. The molecule has 0 spiro atoms. The molecule has 0 saturated carbocycles. The summed E-state index contributed by atoms with van der Waals surface area (Å²) in [7, 11) is -4.15. The van der Waals surface area contributed by atoms with Crippen molar-refractivity contribution >= 4 is 30.4 Å². The molecule has 0 bridgehead atoms. The highest BCUT2D eigenvalue weighted by Gasteiger charge is 2.30. The molecule has 1 N–H and O–H groups in total. The van der Waals surface area contributed by atoms with Crippen molar-refractivity contribution in [2.45, 2.75) is 6.92 Å². The normalized spacial score (nSPS) is 13.6. The van der Waals surface area contributed by atoms with Crippen LogP contribution in [-0.2, 0) is 27.5 Å². The second kappa shape index (κ2) is 7.18. The minimum absolute atomic E-state index is 0.0245. The van der Waals surface area contributed by atoms with Crippen LogP contribution in [0.25, 0.3) is 0 Å². The van der Waals surface area contributed by atoms with Crippen LogP contribution >= 0.6 is 7.82 Å². The third-order valence-corrected chi connectivity index (χ3v) is 3.62. The first-order chi connectivity index (χ1) is 7.47. The summed E-state index contributed by atoms with van der Waals surface area (Å²) in [5.74, 6) is -0.996. The average molecular weight is 269 g/mol. The van der Waals surface area contributed by atoms with E-state index in [1.54, 1.807) is 12.4 Å². The number of hydroxylamine groups is 1. The van der Waals surface area contributed by atoms with Gasteiger partial charge in [0.05, 0.1) is 6.61 Å². The fourth-order valence-electron chi connectivity index (χ4n) is 0.494. The lowest BCUT2D eigenvalue weighted by atomic mass is 10.7. The lowest BCUT2D eigenvalue weighted by Crippen LogP contribution is -2.24. The summed E-state index contributed by atoms with van der Waals surface area (Å²) in [5, 5.41) is 0. The molecule has 16 heavy (non-hydrogen) atoms. The van der Waals surface area contributed by atoms with Crippen LogP contribution in [0, 0.1) is 0 Å². The average Bonchev–Trinajstić information content (AvgIpc) is 2.27. The summed E-state index contributed by atoms with van der Waals surface area (Å²) in [6.07, 6.45) is -0.197.